The van der Waals surface area contributed by atoms with Gasteiger partial charge in [0.25, 0.3) is 0 Å². The summed E-state index contributed by atoms with van der Waals surface area (Å²) in [4.78, 5) is 5.09. The molecule has 1 unspecified atom stereocenters. The van der Waals surface area contributed by atoms with E-state index in [0.717, 1.165) is 11.8 Å². The van der Waals surface area contributed by atoms with Gasteiger partial charge in [0.1, 0.15) is 0 Å². The van der Waals surface area contributed by atoms with E-state index in [1.165, 1.54) is 70.0 Å². The molecule has 0 bridgehead atoms. The van der Waals surface area contributed by atoms with Crippen LogP contribution in [0.15, 0.2) is 4.99 Å². The summed E-state index contributed by atoms with van der Waals surface area (Å²) in [5, 5.41) is 3.55. The van der Waals surface area contributed by atoms with Crippen molar-refractivity contribution in [3.8, 4) is 0 Å². The van der Waals surface area contributed by atoms with Gasteiger partial charge in [-0.25, -0.2) is 0 Å². The highest BCUT2D eigenvalue weighted by atomic mass is 35.5. The van der Waals surface area contributed by atoms with Crippen molar-refractivity contribution in [2.45, 2.75) is 83.2 Å². The van der Waals surface area contributed by atoms with Crippen molar-refractivity contribution in [1.29, 1.82) is 0 Å². The summed E-state index contributed by atoms with van der Waals surface area (Å²) >= 11 is 0. The number of hydrogen-bond donors (Lipinski definition) is 1. The summed E-state index contributed by atoms with van der Waals surface area (Å²) < 4.78 is 0. The van der Waals surface area contributed by atoms with Crippen LogP contribution in [0.25, 0.3) is 0 Å². The van der Waals surface area contributed by atoms with E-state index in [2.05, 4.69) is 12.2 Å². The topological polar surface area (TPSA) is 24.4 Å². The Morgan fingerprint density at radius 2 is 1.74 bits per heavy atom. The maximum Gasteiger partial charge on any atom is 0.0969 e. The molecule has 0 aromatic heterocycles. The van der Waals surface area contributed by atoms with Gasteiger partial charge in [0, 0.05) is 12.5 Å². The van der Waals surface area contributed by atoms with Crippen LogP contribution in [0.4, 0.5) is 0 Å². The molecule has 0 aromatic carbocycles. The van der Waals surface area contributed by atoms with Crippen LogP contribution in [0.1, 0.15) is 71.1 Å². The van der Waals surface area contributed by atoms with E-state index in [9.17, 15) is 0 Å². The Morgan fingerprint density at radius 3 is 2.42 bits per heavy atom. The number of nitrogens with one attached hydrogen (secondary N) is 1. The molecule has 3 heteroatoms. The first-order valence-electron chi connectivity index (χ1n) is 8.16. The van der Waals surface area contributed by atoms with Gasteiger partial charge in [-0.15, -0.1) is 12.4 Å². The zero-order chi connectivity index (χ0) is 12.4. The Hall–Kier alpha value is -0.240. The highest BCUT2D eigenvalue weighted by Gasteiger charge is 2.34. The summed E-state index contributed by atoms with van der Waals surface area (Å²) in [6.07, 6.45) is 14.1. The highest BCUT2D eigenvalue weighted by Crippen LogP contribution is 2.41. The van der Waals surface area contributed by atoms with Crippen LogP contribution >= 0.6 is 12.4 Å². The lowest BCUT2D eigenvalue weighted by atomic mass is 9.78. The van der Waals surface area contributed by atoms with E-state index in [4.69, 9.17) is 4.99 Å². The summed E-state index contributed by atoms with van der Waals surface area (Å²) in [5.41, 5.74) is 0. The third-order valence-corrected chi connectivity index (χ3v) is 5.34. The Bertz CT molecular complexity index is 310. The maximum absolute atomic E-state index is 5.09. The Balaban J connectivity index is 0.00000133. The lowest BCUT2D eigenvalue weighted by Gasteiger charge is -2.30. The molecular weight excluding hydrogens is 256 g/mol. The molecule has 3 aliphatic rings. The molecule has 110 valence electrons. The predicted octanol–water partition coefficient (Wildman–Crippen LogP) is 4.33. The van der Waals surface area contributed by atoms with Crippen molar-refractivity contribution in [2.24, 2.45) is 16.8 Å². The van der Waals surface area contributed by atoms with E-state index >= 15 is 0 Å². The van der Waals surface area contributed by atoms with Gasteiger partial charge in [-0.05, 0) is 38.0 Å². The van der Waals surface area contributed by atoms with Crippen LogP contribution in [-0.2, 0) is 0 Å². The molecule has 1 heterocycles. The molecule has 2 nitrogen and oxygen atoms in total. The SMILES string of the molecule is CC1CCC(=N[C@@H]2CCC[C@@H]2C2CCCCC2)N1.Cl. The van der Waals surface area contributed by atoms with Crippen LogP contribution in [0.2, 0.25) is 0 Å². The summed E-state index contributed by atoms with van der Waals surface area (Å²) in [7, 11) is 0. The van der Waals surface area contributed by atoms with E-state index in [1.807, 2.05) is 0 Å². The van der Waals surface area contributed by atoms with Gasteiger partial charge in [-0.2, -0.15) is 0 Å². The minimum absolute atomic E-state index is 0. The van der Waals surface area contributed by atoms with Crippen LogP contribution in [-0.4, -0.2) is 17.9 Å². The van der Waals surface area contributed by atoms with E-state index in [1.54, 1.807) is 0 Å². The summed E-state index contributed by atoms with van der Waals surface area (Å²) in [6, 6.07) is 1.30. The smallest absolute Gasteiger partial charge is 0.0969 e. The van der Waals surface area contributed by atoms with Gasteiger partial charge in [-0.3, -0.25) is 4.99 Å². The monoisotopic (exact) mass is 284 g/mol. The van der Waals surface area contributed by atoms with Crippen LogP contribution < -0.4 is 5.32 Å². The van der Waals surface area contributed by atoms with Gasteiger partial charge in [0.2, 0.25) is 0 Å². The van der Waals surface area contributed by atoms with Crippen molar-refractivity contribution >= 4 is 18.2 Å². The standard InChI is InChI=1S/C16H28N2.ClH/c1-12-10-11-16(17-12)18-15-9-5-8-14(15)13-6-3-2-4-7-13;/h12-15H,2-11H2,1H3,(H,17,18);1H/t12?,14-,15-;/m1./s1. The second-order valence-electron chi connectivity index (χ2n) is 6.72. The molecule has 2 aliphatic carbocycles. The minimum Gasteiger partial charge on any atom is -0.371 e. The molecule has 1 saturated heterocycles. The fourth-order valence-corrected chi connectivity index (χ4v) is 4.33. The average Bonchev–Trinajstić information content (AvgIpc) is 3.00. The zero-order valence-electron chi connectivity index (χ0n) is 12.2. The first-order chi connectivity index (χ1) is 8.83. The predicted molar refractivity (Wildman–Crippen MR) is 84.2 cm³/mol. The first-order valence-corrected chi connectivity index (χ1v) is 8.16. The van der Waals surface area contributed by atoms with Crippen molar-refractivity contribution in [2.75, 3.05) is 0 Å². The minimum atomic E-state index is 0. The van der Waals surface area contributed by atoms with E-state index in [-0.39, 0.29) is 12.4 Å². The van der Waals surface area contributed by atoms with Gasteiger partial charge in [-0.1, -0.05) is 38.5 Å². The summed E-state index contributed by atoms with van der Waals surface area (Å²) in [6.45, 7) is 2.27. The van der Waals surface area contributed by atoms with Crippen molar-refractivity contribution in [3.63, 3.8) is 0 Å². The molecule has 0 spiro atoms. The number of halogens is 1. The number of rotatable bonds is 2. The second-order valence-corrected chi connectivity index (χ2v) is 6.72. The third-order valence-electron chi connectivity index (χ3n) is 5.34. The van der Waals surface area contributed by atoms with Crippen molar-refractivity contribution in [3.05, 3.63) is 0 Å². The lowest BCUT2D eigenvalue weighted by molar-refractivity contribution is 0.235. The number of aliphatic imine (C=N–C) groups is 1. The fraction of sp³-hybridized carbons (Fsp3) is 0.938. The summed E-state index contributed by atoms with van der Waals surface area (Å²) in [5.74, 6) is 3.22. The Morgan fingerprint density at radius 1 is 0.947 bits per heavy atom. The van der Waals surface area contributed by atoms with Crippen LogP contribution in [0, 0.1) is 11.8 Å². The van der Waals surface area contributed by atoms with E-state index in [0.29, 0.717) is 12.1 Å². The fourth-order valence-electron chi connectivity index (χ4n) is 4.33. The number of nitrogens with zero attached hydrogens (tertiary/aromatic N) is 1. The third kappa shape index (κ3) is 3.65. The normalized spacial score (nSPS) is 38.2. The maximum atomic E-state index is 5.09. The molecule has 2 saturated carbocycles. The Kier molecular flexibility index (Phi) is 5.56. The highest BCUT2D eigenvalue weighted by molar-refractivity contribution is 5.85. The van der Waals surface area contributed by atoms with Crippen molar-refractivity contribution in [1.82, 2.24) is 5.32 Å². The van der Waals surface area contributed by atoms with Gasteiger partial charge >= 0.3 is 0 Å². The van der Waals surface area contributed by atoms with Crippen LogP contribution in [0.5, 0.6) is 0 Å². The molecule has 1 N–H and O–H groups in total. The average molecular weight is 285 g/mol. The molecule has 3 atom stereocenters. The second kappa shape index (κ2) is 6.97. The molecule has 0 amide bonds. The van der Waals surface area contributed by atoms with Gasteiger partial charge in [0.05, 0.1) is 11.9 Å². The van der Waals surface area contributed by atoms with Gasteiger partial charge < -0.3 is 5.32 Å². The van der Waals surface area contributed by atoms with Crippen LogP contribution in [0.3, 0.4) is 0 Å². The molecule has 19 heavy (non-hydrogen) atoms. The number of amidine groups is 1. The van der Waals surface area contributed by atoms with E-state index < -0.39 is 0 Å². The largest absolute Gasteiger partial charge is 0.371 e. The first kappa shape index (κ1) is 15.2. The molecule has 1 aliphatic heterocycles. The Labute approximate surface area is 124 Å². The number of hydrogen-bond acceptors (Lipinski definition) is 1. The van der Waals surface area contributed by atoms with Crippen molar-refractivity contribution < 1.29 is 0 Å². The molecular formula is C16H29ClN2. The molecule has 0 aromatic rings. The quantitative estimate of drug-likeness (QED) is 0.802. The molecule has 3 fully saturated rings. The zero-order valence-corrected chi connectivity index (χ0v) is 13.1. The lowest BCUT2D eigenvalue weighted by Crippen LogP contribution is -2.28. The van der Waals surface area contributed by atoms with Gasteiger partial charge in [0.15, 0.2) is 0 Å². The molecule has 3 rings (SSSR count). The molecule has 0 radical (unpaired) electrons.